The second-order valence-electron chi connectivity index (χ2n) is 5.84. The van der Waals surface area contributed by atoms with E-state index in [1.807, 2.05) is 60.7 Å². The monoisotopic (exact) mass is 310 g/mol. The van der Waals surface area contributed by atoms with Crippen LogP contribution in [0.4, 0.5) is 0 Å². The first kappa shape index (κ1) is 15.8. The fourth-order valence-electron chi connectivity index (χ4n) is 2.94. The highest BCUT2D eigenvalue weighted by Gasteiger charge is 2.64. The summed E-state index contributed by atoms with van der Waals surface area (Å²) in [4.78, 5) is 12.4. The number of rotatable bonds is 7. The van der Waals surface area contributed by atoms with Crippen molar-refractivity contribution in [2.75, 3.05) is 6.61 Å². The second kappa shape index (κ2) is 6.97. The number of unbranched alkanes of at least 4 members (excludes halogenated alkanes) is 2. The normalized spacial score (nSPS) is 18.4. The fraction of sp³-hybridized carbons (Fsp3) is 0.350. The van der Waals surface area contributed by atoms with Crippen molar-refractivity contribution in [1.29, 1.82) is 0 Å². The van der Waals surface area contributed by atoms with Gasteiger partial charge in [0.2, 0.25) is 0 Å². The van der Waals surface area contributed by atoms with Crippen LogP contribution in [-0.4, -0.2) is 18.7 Å². The Morgan fingerprint density at radius 3 is 2.09 bits per heavy atom. The number of hydrogen-bond donors (Lipinski definition) is 0. The summed E-state index contributed by atoms with van der Waals surface area (Å²) in [6, 6.07) is 19.8. The third kappa shape index (κ3) is 3.15. The zero-order chi connectivity index (χ0) is 16.1. The van der Waals surface area contributed by atoms with E-state index < -0.39 is 11.7 Å². The van der Waals surface area contributed by atoms with Crippen LogP contribution in [0.3, 0.4) is 0 Å². The van der Waals surface area contributed by atoms with E-state index in [0.717, 1.165) is 30.4 Å². The summed E-state index contributed by atoms with van der Waals surface area (Å²) in [7, 11) is 0. The van der Waals surface area contributed by atoms with Crippen molar-refractivity contribution >= 4 is 5.97 Å². The predicted molar refractivity (Wildman–Crippen MR) is 89.0 cm³/mol. The minimum atomic E-state index is -0.704. The van der Waals surface area contributed by atoms with Crippen LogP contribution in [0.1, 0.15) is 37.3 Å². The lowest BCUT2D eigenvalue weighted by Crippen LogP contribution is -2.22. The van der Waals surface area contributed by atoms with Crippen molar-refractivity contribution in [1.82, 2.24) is 0 Å². The van der Waals surface area contributed by atoms with E-state index in [2.05, 4.69) is 6.92 Å². The van der Waals surface area contributed by atoms with Gasteiger partial charge in [0.15, 0.2) is 11.7 Å². The molecule has 0 N–H and O–H groups in total. The van der Waals surface area contributed by atoms with Crippen molar-refractivity contribution < 1.29 is 14.3 Å². The van der Waals surface area contributed by atoms with Crippen LogP contribution in [0.25, 0.3) is 0 Å². The summed E-state index contributed by atoms with van der Waals surface area (Å²) in [5.74, 6) is -0.270. The van der Waals surface area contributed by atoms with Gasteiger partial charge >= 0.3 is 5.97 Å². The average molecular weight is 310 g/mol. The van der Waals surface area contributed by atoms with Crippen LogP contribution < -0.4 is 0 Å². The summed E-state index contributed by atoms with van der Waals surface area (Å²) in [6.07, 6.45) is 2.52. The van der Waals surface area contributed by atoms with E-state index in [9.17, 15) is 4.79 Å². The van der Waals surface area contributed by atoms with Crippen molar-refractivity contribution in [3.8, 4) is 0 Å². The predicted octanol–water partition coefficient (Wildman–Crippen LogP) is 4.06. The number of benzene rings is 2. The summed E-state index contributed by atoms with van der Waals surface area (Å²) >= 11 is 0. The highest BCUT2D eigenvalue weighted by molar-refractivity contribution is 5.81. The molecule has 0 amide bonds. The molecule has 120 valence electrons. The van der Waals surface area contributed by atoms with Crippen molar-refractivity contribution in [2.24, 2.45) is 0 Å². The molecule has 1 saturated heterocycles. The van der Waals surface area contributed by atoms with Gasteiger partial charge in [-0.15, -0.1) is 0 Å². The molecule has 1 fully saturated rings. The van der Waals surface area contributed by atoms with Crippen LogP contribution in [-0.2, 0) is 19.9 Å². The van der Waals surface area contributed by atoms with Gasteiger partial charge in [0.05, 0.1) is 6.61 Å². The molecule has 1 aliphatic rings. The Morgan fingerprint density at radius 1 is 1.00 bits per heavy atom. The first-order valence-electron chi connectivity index (χ1n) is 8.24. The molecule has 0 bridgehead atoms. The topological polar surface area (TPSA) is 38.8 Å². The summed E-state index contributed by atoms with van der Waals surface area (Å²) in [5.41, 5.74) is 1.27. The van der Waals surface area contributed by atoms with Gasteiger partial charge in [-0.05, 0) is 17.5 Å². The highest BCUT2D eigenvalue weighted by Crippen LogP contribution is 2.52. The molecule has 3 rings (SSSR count). The van der Waals surface area contributed by atoms with Crippen LogP contribution in [0.5, 0.6) is 0 Å². The maximum Gasteiger partial charge on any atom is 0.339 e. The van der Waals surface area contributed by atoms with Gasteiger partial charge < -0.3 is 9.47 Å². The lowest BCUT2D eigenvalue weighted by Gasteiger charge is -2.14. The van der Waals surface area contributed by atoms with Crippen LogP contribution >= 0.6 is 0 Å². The number of carbonyl (C=O) groups excluding carboxylic acids is 1. The Labute approximate surface area is 137 Å². The maximum atomic E-state index is 12.4. The number of carbonyl (C=O) groups is 1. The molecule has 0 aliphatic carbocycles. The highest BCUT2D eigenvalue weighted by atomic mass is 16.7. The molecular weight excluding hydrogens is 288 g/mol. The lowest BCUT2D eigenvalue weighted by molar-refractivity contribution is -0.145. The number of esters is 1. The molecule has 3 heteroatoms. The van der Waals surface area contributed by atoms with Gasteiger partial charge in [0.25, 0.3) is 0 Å². The molecule has 3 nitrogen and oxygen atoms in total. The summed E-state index contributed by atoms with van der Waals surface area (Å²) in [6.45, 7) is 2.59. The summed E-state index contributed by atoms with van der Waals surface area (Å²) in [5, 5.41) is 0. The molecule has 2 aromatic carbocycles. The standard InChI is InChI=1S/C20H22O3/c1-2-3-10-15-22-19(21)18-20(23-18,16-11-6-4-7-12-16)17-13-8-5-9-14-17/h4-9,11-14,18H,2-3,10,15H2,1H3. The fourth-order valence-corrected chi connectivity index (χ4v) is 2.94. The van der Waals surface area contributed by atoms with Crippen molar-refractivity contribution in [3.05, 3.63) is 71.8 Å². The lowest BCUT2D eigenvalue weighted by atomic mass is 9.88. The molecule has 0 saturated carbocycles. The van der Waals surface area contributed by atoms with Crippen LogP contribution in [0.15, 0.2) is 60.7 Å². The molecule has 23 heavy (non-hydrogen) atoms. The zero-order valence-corrected chi connectivity index (χ0v) is 13.4. The molecule has 1 heterocycles. The summed E-state index contributed by atoms with van der Waals surface area (Å²) < 4.78 is 11.3. The van der Waals surface area contributed by atoms with E-state index >= 15 is 0 Å². The van der Waals surface area contributed by atoms with E-state index in [-0.39, 0.29) is 5.97 Å². The van der Waals surface area contributed by atoms with Gasteiger partial charge in [-0.3, -0.25) is 0 Å². The van der Waals surface area contributed by atoms with E-state index in [1.54, 1.807) is 0 Å². The third-order valence-corrected chi connectivity index (χ3v) is 4.23. The molecular formula is C20H22O3. The van der Waals surface area contributed by atoms with Gasteiger partial charge in [-0.2, -0.15) is 0 Å². The van der Waals surface area contributed by atoms with E-state index in [0.29, 0.717) is 6.61 Å². The van der Waals surface area contributed by atoms with Crippen molar-refractivity contribution in [2.45, 2.75) is 37.9 Å². The minimum Gasteiger partial charge on any atom is -0.464 e. The largest absolute Gasteiger partial charge is 0.464 e. The zero-order valence-electron chi connectivity index (χ0n) is 13.4. The van der Waals surface area contributed by atoms with Gasteiger partial charge in [0, 0.05) is 0 Å². The molecule has 2 aromatic rings. The molecule has 1 unspecified atom stereocenters. The first-order chi connectivity index (χ1) is 11.3. The third-order valence-electron chi connectivity index (χ3n) is 4.23. The van der Waals surface area contributed by atoms with Gasteiger partial charge in [0.1, 0.15) is 0 Å². The Morgan fingerprint density at radius 2 is 1.57 bits per heavy atom. The number of epoxide rings is 1. The number of ether oxygens (including phenoxy) is 2. The van der Waals surface area contributed by atoms with Crippen LogP contribution in [0.2, 0.25) is 0 Å². The molecule has 1 atom stereocenters. The Hall–Kier alpha value is -2.13. The van der Waals surface area contributed by atoms with E-state index in [1.165, 1.54) is 0 Å². The van der Waals surface area contributed by atoms with Crippen molar-refractivity contribution in [3.63, 3.8) is 0 Å². The Kier molecular flexibility index (Phi) is 4.77. The smallest absolute Gasteiger partial charge is 0.339 e. The quantitative estimate of drug-likeness (QED) is 0.440. The Balaban J connectivity index is 1.79. The minimum absolute atomic E-state index is 0.270. The SMILES string of the molecule is CCCCCOC(=O)C1OC1(c1ccccc1)c1ccccc1. The maximum absolute atomic E-state index is 12.4. The number of hydrogen-bond acceptors (Lipinski definition) is 3. The molecule has 1 aliphatic heterocycles. The Bertz CT molecular complexity index is 597. The van der Waals surface area contributed by atoms with Gasteiger partial charge in [-0.25, -0.2) is 4.79 Å². The molecule has 0 aromatic heterocycles. The van der Waals surface area contributed by atoms with E-state index in [4.69, 9.17) is 9.47 Å². The average Bonchev–Trinajstić information content (AvgIpc) is 3.37. The second-order valence-corrected chi connectivity index (χ2v) is 5.84. The molecule has 0 radical (unpaired) electrons. The van der Waals surface area contributed by atoms with Crippen LogP contribution in [0, 0.1) is 0 Å². The van der Waals surface area contributed by atoms with Gasteiger partial charge in [-0.1, -0.05) is 80.4 Å². The first-order valence-corrected chi connectivity index (χ1v) is 8.24. The molecule has 0 spiro atoms.